The van der Waals surface area contributed by atoms with E-state index < -0.39 is 35.3 Å². The zero-order chi connectivity index (χ0) is 52.1. The Morgan fingerprint density at radius 3 is 0.951 bits per heavy atom. The zero-order valence-corrected chi connectivity index (χ0v) is 42.8. The number of nitrogens with zero attached hydrogens (tertiary/aromatic N) is 4. The third-order valence-electron chi connectivity index (χ3n) is 18.5. The Morgan fingerprint density at radius 1 is 0.222 bits per heavy atom. The van der Waals surface area contributed by atoms with Crippen LogP contribution in [0.3, 0.4) is 0 Å². The highest BCUT2D eigenvalue weighted by atomic mass is 16.6. The van der Waals surface area contributed by atoms with Gasteiger partial charge in [-0.25, -0.2) is 0 Å². The van der Waals surface area contributed by atoms with Gasteiger partial charge in [-0.1, -0.05) is 121 Å². The van der Waals surface area contributed by atoms with Gasteiger partial charge in [-0.2, -0.15) is 0 Å². The van der Waals surface area contributed by atoms with Crippen LogP contribution in [0.5, 0.6) is 34.5 Å². The van der Waals surface area contributed by atoms with E-state index in [2.05, 4.69) is 219 Å². The lowest BCUT2D eigenvalue weighted by molar-refractivity contribution is 0.436. The van der Waals surface area contributed by atoms with Crippen LogP contribution in [0.1, 0.15) is 0 Å². The molecule has 10 aliphatic rings. The fourth-order valence-corrected chi connectivity index (χ4v) is 15.5. The molecule has 21 rings (SSSR count). The Hall–Kier alpha value is -10.3. The summed E-state index contributed by atoms with van der Waals surface area (Å²) in [5.74, 6) is 4.72. The fraction of sp³-hybridized carbons (Fsp3) is 0. The smallest absolute Gasteiger partial charge is 0.537 e. The molecule has 10 heterocycles. The maximum atomic E-state index is 7.65. The molecule has 0 radical (unpaired) electrons. The van der Waals surface area contributed by atoms with E-state index in [-0.39, 0.29) is 0 Å². The first-order valence-corrected chi connectivity index (χ1v) is 27.8. The SMILES string of the molecule is c1ccc(N2B3Oc4ccccc4-c4ccc5c(c43)-c3c2cc2c4c3B(O5)N(c3ccccc3)c3cc5c6c(c3-4)B(O2)Oc2cc3c4c(c2-6)B(Oc2ccc6c(c2-4)B(Oc2ccccc2-6)N3c2ccccc2)N5c2ccccc2)cc1. The van der Waals surface area contributed by atoms with Gasteiger partial charge in [0.15, 0.2) is 0 Å². The molecule has 0 unspecified atom stereocenters. The lowest BCUT2D eigenvalue weighted by Gasteiger charge is -2.51. The first-order chi connectivity index (χ1) is 40.2. The summed E-state index contributed by atoms with van der Waals surface area (Å²) in [5, 5.41) is 0. The molecule has 0 N–H and O–H groups in total. The number of hydrogen-bond acceptors (Lipinski definition) is 10. The van der Waals surface area contributed by atoms with Crippen molar-refractivity contribution in [2.24, 2.45) is 0 Å². The van der Waals surface area contributed by atoms with Crippen LogP contribution in [0.2, 0.25) is 0 Å². The van der Waals surface area contributed by atoms with E-state index in [1.807, 2.05) is 12.1 Å². The normalized spacial score (nSPS) is 15.5. The second-order valence-electron chi connectivity index (χ2n) is 22.3. The number of benzene rings is 11. The second kappa shape index (κ2) is 14.5. The van der Waals surface area contributed by atoms with Crippen LogP contribution in [0.4, 0.5) is 45.5 Å². The Kier molecular flexibility index (Phi) is 7.48. The molecule has 0 saturated carbocycles. The summed E-state index contributed by atoms with van der Waals surface area (Å²) in [5.41, 5.74) is 26.0. The van der Waals surface area contributed by atoms with Gasteiger partial charge in [0.25, 0.3) is 0 Å². The molecule has 11 aromatic rings. The van der Waals surface area contributed by atoms with Gasteiger partial charge in [-0.15, -0.1) is 0 Å². The molecule has 0 aromatic heterocycles. The molecule has 0 bridgehead atoms. The number of fused-ring (bicyclic) bond motifs is 4. The van der Waals surface area contributed by atoms with Crippen molar-refractivity contribution in [3.05, 3.63) is 212 Å². The average molecular weight is 1030 g/mol. The van der Waals surface area contributed by atoms with Crippen molar-refractivity contribution in [3.63, 3.8) is 0 Å². The van der Waals surface area contributed by atoms with Crippen LogP contribution in [-0.2, 0) is 0 Å². The van der Waals surface area contributed by atoms with Crippen molar-refractivity contribution < 1.29 is 27.9 Å². The average Bonchev–Trinajstić information content (AvgIpc) is 1.36. The maximum absolute atomic E-state index is 7.65. The minimum Gasteiger partial charge on any atom is -0.537 e. The van der Waals surface area contributed by atoms with Crippen LogP contribution in [0.25, 0.3) is 66.8 Å². The number of hydrogen-bond donors (Lipinski definition) is 0. The summed E-state index contributed by atoms with van der Waals surface area (Å²) in [6, 6.07) is 75.1. The Morgan fingerprint density at radius 2 is 0.543 bits per heavy atom. The van der Waals surface area contributed by atoms with Crippen LogP contribution in [0.15, 0.2) is 212 Å². The van der Waals surface area contributed by atoms with Crippen molar-refractivity contribution in [3.8, 4) is 101 Å². The Bertz CT molecular complexity index is 4460. The van der Waals surface area contributed by atoms with E-state index in [9.17, 15) is 0 Å². The Labute approximate surface area is 466 Å². The minimum absolute atomic E-state index is 0.506. The molecule has 10 nitrogen and oxygen atoms in total. The van der Waals surface area contributed by atoms with Crippen molar-refractivity contribution in [1.29, 1.82) is 0 Å². The molecule has 81 heavy (non-hydrogen) atoms. The van der Waals surface area contributed by atoms with Crippen molar-refractivity contribution in [2.75, 3.05) is 19.2 Å². The molecular weight excluding hydrogens is 999 g/mol. The molecule has 11 aromatic carbocycles. The van der Waals surface area contributed by atoms with Gasteiger partial charge >= 0.3 is 35.3 Å². The van der Waals surface area contributed by atoms with Crippen molar-refractivity contribution in [1.82, 2.24) is 0 Å². The highest BCUT2D eigenvalue weighted by molar-refractivity contribution is 6.86. The molecule has 15 heteroatoms. The first kappa shape index (κ1) is 41.8. The monoisotopic (exact) mass is 1030 g/mol. The summed E-state index contributed by atoms with van der Waals surface area (Å²) in [7, 11) is -3.08. The summed E-state index contributed by atoms with van der Waals surface area (Å²) in [6.07, 6.45) is 0. The van der Waals surface area contributed by atoms with Gasteiger partial charge in [0.05, 0.1) is 0 Å². The third-order valence-corrected chi connectivity index (χ3v) is 18.5. The quantitative estimate of drug-likeness (QED) is 0.159. The fourth-order valence-electron chi connectivity index (χ4n) is 15.5. The highest BCUT2D eigenvalue weighted by Gasteiger charge is 2.61. The number of rotatable bonds is 4. The number of para-hydroxylation sites is 6. The maximum Gasteiger partial charge on any atom is 0.634 e. The molecule has 370 valence electrons. The van der Waals surface area contributed by atoms with Crippen LogP contribution in [-0.4, -0.2) is 35.3 Å². The van der Waals surface area contributed by atoms with Gasteiger partial charge < -0.3 is 47.2 Å². The summed E-state index contributed by atoms with van der Waals surface area (Å²) in [4.78, 5) is 9.55. The predicted molar refractivity (Wildman–Crippen MR) is 324 cm³/mol. The second-order valence-corrected chi connectivity index (χ2v) is 22.3. The highest BCUT2D eigenvalue weighted by Crippen LogP contribution is 2.62. The van der Waals surface area contributed by atoms with Gasteiger partial charge in [0.1, 0.15) is 34.5 Å². The van der Waals surface area contributed by atoms with E-state index >= 15 is 0 Å². The minimum atomic E-state index is -0.858. The van der Waals surface area contributed by atoms with E-state index in [1.165, 1.54) is 0 Å². The van der Waals surface area contributed by atoms with Gasteiger partial charge in [-0.3, -0.25) is 0 Å². The zero-order valence-electron chi connectivity index (χ0n) is 42.8. The standard InChI is InChI=1S/C66H35B5N4O6/c1-5-17-36(18-6-1)72-44-33-45-57-61-53(35-47-55-59-51(79-70(65(55)61)73(45)37-19-7-2-8-20-37)32-30-43-41-26-14-16-28-49(41)77-68(63(43)59)75(47)39-23-11-4-12-24-39)81-71-66(57)56(44)60-52(80-71)34-46-54-58-50(78-69(72)64(54)60)31-29-42-40-25-13-15-27-48(40)76-67(62(42)58)74(46)38-21-9-3-10-22-38/h1-35H. The van der Waals surface area contributed by atoms with Gasteiger partial charge in [0, 0.05) is 141 Å². The van der Waals surface area contributed by atoms with E-state index in [0.717, 1.165) is 174 Å². The molecule has 0 saturated heterocycles. The van der Waals surface area contributed by atoms with Crippen LogP contribution < -0.4 is 74.5 Å². The van der Waals surface area contributed by atoms with E-state index in [0.29, 0.717) is 0 Å². The summed E-state index contributed by atoms with van der Waals surface area (Å²) < 4.78 is 45.0. The van der Waals surface area contributed by atoms with Gasteiger partial charge in [0.2, 0.25) is 0 Å². The molecule has 0 atom stereocenters. The molecule has 0 spiro atoms. The molecule has 10 aliphatic heterocycles. The van der Waals surface area contributed by atoms with Crippen LogP contribution in [0, 0.1) is 0 Å². The predicted octanol–water partition coefficient (Wildman–Crippen LogP) is 11.1. The van der Waals surface area contributed by atoms with E-state index in [4.69, 9.17) is 27.9 Å². The van der Waals surface area contributed by atoms with Gasteiger partial charge in [-0.05, 0) is 90.0 Å². The summed E-state index contributed by atoms with van der Waals surface area (Å²) in [6.45, 7) is 0. The van der Waals surface area contributed by atoms with Crippen molar-refractivity contribution >= 4 is 108 Å². The summed E-state index contributed by atoms with van der Waals surface area (Å²) >= 11 is 0. The third kappa shape index (κ3) is 4.97. The largest absolute Gasteiger partial charge is 0.634 e. The molecule has 0 amide bonds. The van der Waals surface area contributed by atoms with E-state index in [1.54, 1.807) is 0 Å². The van der Waals surface area contributed by atoms with Crippen molar-refractivity contribution in [2.45, 2.75) is 0 Å². The first-order valence-electron chi connectivity index (χ1n) is 27.8. The molecule has 0 aliphatic carbocycles. The topological polar surface area (TPSA) is 68.3 Å². The number of anilines is 8. The molecular formula is C66H35B5N4O6. The molecule has 0 fully saturated rings. The Balaban J connectivity index is 0.901. The lowest BCUT2D eigenvalue weighted by Crippen LogP contribution is -2.65. The lowest BCUT2D eigenvalue weighted by atomic mass is 9.49. The van der Waals surface area contributed by atoms with Crippen LogP contribution >= 0.6 is 0 Å².